The number of amides is 1. The minimum absolute atomic E-state index is 0.234. The number of nitrogens with one attached hydrogen (secondary N) is 1. The zero-order valence-corrected chi connectivity index (χ0v) is 16.6. The Morgan fingerprint density at radius 2 is 1.73 bits per heavy atom. The quantitative estimate of drug-likeness (QED) is 0.671. The van der Waals surface area contributed by atoms with Crippen molar-refractivity contribution in [3.05, 3.63) is 63.1 Å². The van der Waals surface area contributed by atoms with Crippen LogP contribution in [0.15, 0.2) is 36.4 Å². The van der Waals surface area contributed by atoms with Crippen molar-refractivity contribution in [2.45, 2.75) is 39.7 Å². The van der Waals surface area contributed by atoms with Gasteiger partial charge < -0.3 is 10.1 Å². The number of aryl methyl sites for hydroxylation is 1. The highest BCUT2D eigenvalue weighted by molar-refractivity contribution is 6.42. The first-order valence-electron chi connectivity index (χ1n) is 8.27. The van der Waals surface area contributed by atoms with Gasteiger partial charge in [0.15, 0.2) is 6.10 Å². The van der Waals surface area contributed by atoms with Crippen molar-refractivity contribution in [2.75, 3.05) is 5.32 Å². The van der Waals surface area contributed by atoms with E-state index in [1.165, 1.54) is 25.1 Å². The number of hydrogen-bond acceptors (Lipinski definition) is 3. The first-order valence-corrected chi connectivity index (χ1v) is 9.02. The molecule has 2 aromatic carbocycles. The van der Waals surface area contributed by atoms with E-state index in [0.29, 0.717) is 5.02 Å². The third kappa shape index (κ3) is 4.77. The van der Waals surface area contributed by atoms with Crippen molar-refractivity contribution in [2.24, 2.45) is 0 Å². The number of ether oxygens (including phenoxy) is 1. The minimum atomic E-state index is -0.962. The molecule has 0 aliphatic carbocycles. The van der Waals surface area contributed by atoms with Gasteiger partial charge in [-0.25, -0.2) is 4.79 Å². The fourth-order valence-corrected chi connectivity index (χ4v) is 2.77. The summed E-state index contributed by atoms with van der Waals surface area (Å²) in [6.45, 7) is 7.56. The smallest absolute Gasteiger partial charge is 0.338 e. The molecular weight excluding hydrogens is 373 g/mol. The number of hydrogen-bond donors (Lipinski definition) is 1. The van der Waals surface area contributed by atoms with Gasteiger partial charge in [-0.05, 0) is 49.1 Å². The summed E-state index contributed by atoms with van der Waals surface area (Å²) in [5.41, 5.74) is 2.97. The molecule has 0 saturated carbocycles. The van der Waals surface area contributed by atoms with Crippen molar-refractivity contribution < 1.29 is 14.3 Å². The normalized spacial score (nSPS) is 12.0. The number of carbonyl (C=O) groups excluding carboxylic acids is 2. The first kappa shape index (κ1) is 20.3. The van der Waals surface area contributed by atoms with E-state index in [1.807, 2.05) is 25.1 Å². The standard InChI is InChI=1S/C20H21Cl2NO3/c1-11(2)15-7-5-6-12(3)18(15)23-19(24)13(4)26-20(25)14-8-9-16(21)17(22)10-14/h5-11,13H,1-4H3,(H,23,24). The van der Waals surface area contributed by atoms with Gasteiger partial charge in [0.05, 0.1) is 15.6 Å². The molecule has 0 bridgehead atoms. The van der Waals surface area contributed by atoms with E-state index in [-0.39, 0.29) is 16.5 Å². The van der Waals surface area contributed by atoms with Gasteiger partial charge in [0, 0.05) is 5.69 Å². The Labute approximate surface area is 163 Å². The van der Waals surface area contributed by atoms with Gasteiger partial charge in [0.2, 0.25) is 0 Å². The Morgan fingerprint density at radius 1 is 1.04 bits per heavy atom. The third-order valence-electron chi connectivity index (χ3n) is 3.98. The van der Waals surface area contributed by atoms with Crippen molar-refractivity contribution in [3.63, 3.8) is 0 Å². The molecule has 138 valence electrons. The van der Waals surface area contributed by atoms with Crippen LogP contribution < -0.4 is 5.32 Å². The molecule has 0 radical (unpaired) electrons. The number of halogens is 2. The van der Waals surface area contributed by atoms with E-state index in [4.69, 9.17) is 27.9 Å². The highest BCUT2D eigenvalue weighted by atomic mass is 35.5. The number of rotatable bonds is 5. The van der Waals surface area contributed by atoms with Gasteiger partial charge in [-0.2, -0.15) is 0 Å². The first-order chi connectivity index (χ1) is 12.2. The van der Waals surface area contributed by atoms with E-state index in [9.17, 15) is 9.59 Å². The van der Waals surface area contributed by atoms with Crippen LogP contribution in [0.1, 0.15) is 48.2 Å². The summed E-state index contributed by atoms with van der Waals surface area (Å²) < 4.78 is 5.25. The summed E-state index contributed by atoms with van der Waals surface area (Å²) in [4.78, 5) is 24.7. The summed E-state index contributed by atoms with van der Waals surface area (Å²) in [7, 11) is 0. The van der Waals surface area contributed by atoms with Gasteiger partial charge in [-0.3, -0.25) is 4.79 Å². The van der Waals surface area contributed by atoms with Crippen LogP contribution in [0.25, 0.3) is 0 Å². The minimum Gasteiger partial charge on any atom is -0.449 e. The van der Waals surface area contributed by atoms with Crippen LogP contribution in [0.2, 0.25) is 10.0 Å². The van der Waals surface area contributed by atoms with Crippen molar-refractivity contribution >= 4 is 40.8 Å². The molecule has 0 aromatic heterocycles. The molecule has 0 spiro atoms. The van der Waals surface area contributed by atoms with Crippen molar-refractivity contribution in [1.82, 2.24) is 0 Å². The lowest BCUT2D eigenvalue weighted by atomic mass is 9.98. The second kappa shape index (κ2) is 8.56. The molecule has 0 fully saturated rings. The van der Waals surface area contributed by atoms with E-state index < -0.39 is 18.0 Å². The Hall–Kier alpha value is -2.04. The van der Waals surface area contributed by atoms with Gasteiger partial charge in [0.25, 0.3) is 5.91 Å². The third-order valence-corrected chi connectivity index (χ3v) is 4.72. The molecule has 1 amide bonds. The second-order valence-electron chi connectivity index (χ2n) is 6.36. The molecule has 2 aromatic rings. The lowest BCUT2D eigenvalue weighted by molar-refractivity contribution is -0.123. The Morgan fingerprint density at radius 3 is 2.35 bits per heavy atom. The Balaban J connectivity index is 2.11. The van der Waals surface area contributed by atoms with E-state index in [1.54, 1.807) is 0 Å². The molecule has 1 N–H and O–H groups in total. The van der Waals surface area contributed by atoms with Gasteiger partial charge in [-0.1, -0.05) is 55.2 Å². The van der Waals surface area contributed by atoms with Crippen LogP contribution in [0.5, 0.6) is 0 Å². The SMILES string of the molecule is Cc1cccc(C(C)C)c1NC(=O)C(C)OC(=O)c1ccc(Cl)c(Cl)c1. The maximum Gasteiger partial charge on any atom is 0.338 e. The molecule has 1 atom stereocenters. The number of benzene rings is 2. The van der Waals surface area contributed by atoms with E-state index >= 15 is 0 Å². The molecule has 2 rings (SSSR count). The van der Waals surface area contributed by atoms with Crippen molar-refractivity contribution in [1.29, 1.82) is 0 Å². The predicted octanol–water partition coefficient (Wildman–Crippen LogP) is 5.61. The number of anilines is 1. The molecule has 1 unspecified atom stereocenters. The van der Waals surface area contributed by atoms with Gasteiger partial charge >= 0.3 is 5.97 Å². The summed E-state index contributed by atoms with van der Waals surface area (Å²) in [5, 5.41) is 3.47. The van der Waals surface area contributed by atoms with Gasteiger partial charge in [-0.15, -0.1) is 0 Å². The van der Waals surface area contributed by atoms with E-state index in [0.717, 1.165) is 16.8 Å². The predicted molar refractivity (Wildman–Crippen MR) is 105 cm³/mol. The molecule has 0 heterocycles. The summed E-state index contributed by atoms with van der Waals surface area (Å²) in [5.74, 6) is -0.783. The van der Waals surface area contributed by atoms with Crippen LogP contribution in [0.3, 0.4) is 0 Å². The lowest BCUT2D eigenvalue weighted by Crippen LogP contribution is -2.30. The molecule has 0 aliphatic heterocycles. The lowest BCUT2D eigenvalue weighted by Gasteiger charge is -2.19. The monoisotopic (exact) mass is 393 g/mol. The van der Waals surface area contributed by atoms with Crippen LogP contribution in [0, 0.1) is 6.92 Å². The molecular formula is C20H21Cl2NO3. The highest BCUT2D eigenvalue weighted by Crippen LogP contribution is 2.28. The van der Waals surface area contributed by atoms with Crippen molar-refractivity contribution in [3.8, 4) is 0 Å². The molecule has 26 heavy (non-hydrogen) atoms. The zero-order valence-electron chi connectivity index (χ0n) is 15.1. The molecule has 0 aliphatic rings. The molecule has 6 heteroatoms. The van der Waals surface area contributed by atoms with Crippen LogP contribution in [0.4, 0.5) is 5.69 Å². The summed E-state index contributed by atoms with van der Waals surface area (Å²) in [6.07, 6.45) is -0.962. The topological polar surface area (TPSA) is 55.4 Å². The zero-order chi connectivity index (χ0) is 19.4. The maximum absolute atomic E-state index is 12.5. The number of para-hydroxylation sites is 1. The number of esters is 1. The highest BCUT2D eigenvalue weighted by Gasteiger charge is 2.21. The molecule has 0 saturated heterocycles. The molecule has 4 nitrogen and oxygen atoms in total. The largest absolute Gasteiger partial charge is 0.449 e. The summed E-state index contributed by atoms with van der Waals surface area (Å²) in [6, 6.07) is 10.3. The van der Waals surface area contributed by atoms with Crippen LogP contribution in [-0.2, 0) is 9.53 Å². The average molecular weight is 394 g/mol. The summed E-state index contributed by atoms with van der Waals surface area (Å²) >= 11 is 11.7. The second-order valence-corrected chi connectivity index (χ2v) is 7.17. The average Bonchev–Trinajstić information content (AvgIpc) is 2.58. The maximum atomic E-state index is 12.5. The van der Waals surface area contributed by atoms with Crippen LogP contribution in [-0.4, -0.2) is 18.0 Å². The van der Waals surface area contributed by atoms with E-state index in [2.05, 4.69) is 19.2 Å². The Kier molecular flexibility index (Phi) is 6.68. The fraction of sp³-hybridized carbons (Fsp3) is 0.300. The Bertz CT molecular complexity index is 834. The van der Waals surface area contributed by atoms with Crippen LogP contribution >= 0.6 is 23.2 Å². The fourth-order valence-electron chi connectivity index (χ4n) is 2.47. The number of carbonyl (C=O) groups is 2. The van der Waals surface area contributed by atoms with Gasteiger partial charge in [0.1, 0.15) is 0 Å².